The summed E-state index contributed by atoms with van der Waals surface area (Å²) in [5.74, 6) is 4.96. The number of rotatable bonds is 1. The molecule has 1 aliphatic rings. The molecule has 0 aromatic carbocycles. The van der Waals surface area contributed by atoms with E-state index in [4.69, 9.17) is 5.84 Å². The number of carbonyl (C=O) groups excluding carboxylic acids is 2. The first-order chi connectivity index (χ1) is 7.90. The molecule has 0 atom stereocenters. The second-order valence-electron chi connectivity index (χ2n) is 4.82. The van der Waals surface area contributed by atoms with Gasteiger partial charge in [-0.3, -0.25) is 10.2 Å². The smallest absolute Gasteiger partial charge is 0.331 e. The van der Waals surface area contributed by atoms with E-state index in [2.05, 4.69) is 10.2 Å². The number of piperidine rings is 1. The van der Waals surface area contributed by atoms with Crippen LogP contribution in [-0.4, -0.2) is 36.1 Å². The zero-order valence-electron chi connectivity index (χ0n) is 10.9. The third-order valence-electron chi connectivity index (χ3n) is 2.17. The summed E-state index contributed by atoms with van der Waals surface area (Å²) in [6, 6.07) is -0.153. The quantitative estimate of drug-likeness (QED) is 0.312. The number of hydrazine groups is 1. The summed E-state index contributed by atoms with van der Waals surface area (Å²) in [6.07, 6.45) is 3.44. The minimum atomic E-state index is -0.318. The largest absolute Gasteiger partial charge is 0.462 e. The van der Waals surface area contributed by atoms with Crippen LogP contribution in [0.25, 0.3) is 0 Å². The van der Waals surface area contributed by atoms with Crippen molar-refractivity contribution in [3.05, 3.63) is 0 Å². The van der Waals surface area contributed by atoms with Gasteiger partial charge in [0.05, 0.1) is 0 Å². The van der Waals surface area contributed by atoms with Gasteiger partial charge in [-0.1, -0.05) is 0 Å². The summed E-state index contributed by atoms with van der Waals surface area (Å²) < 4.78 is 4.55. The fraction of sp³-hybridized carbons (Fsp3) is 0.818. The van der Waals surface area contributed by atoms with E-state index in [0.29, 0.717) is 6.47 Å². The SMILES string of the molecule is CC(C)(C)OC=O.NNC(=O)N1CCCCC1. The van der Waals surface area contributed by atoms with E-state index in [1.54, 1.807) is 4.90 Å². The highest BCUT2D eigenvalue weighted by atomic mass is 16.5. The Labute approximate surface area is 102 Å². The highest BCUT2D eigenvalue weighted by Crippen LogP contribution is 2.07. The van der Waals surface area contributed by atoms with Crippen molar-refractivity contribution >= 4 is 12.5 Å². The molecule has 1 saturated heterocycles. The summed E-state index contributed by atoms with van der Waals surface area (Å²) >= 11 is 0. The summed E-state index contributed by atoms with van der Waals surface area (Å²) in [7, 11) is 0. The lowest BCUT2D eigenvalue weighted by atomic mass is 10.1. The van der Waals surface area contributed by atoms with Gasteiger partial charge in [-0.2, -0.15) is 0 Å². The molecule has 0 aromatic rings. The molecule has 0 bridgehead atoms. The Bertz CT molecular complexity index is 233. The van der Waals surface area contributed by atoms with Crippen LogP contribution in [0.1, 0.15) is 40.0 Å². The average molecular weight is 245 g/mol. The van der Waals surface area contributed by atoms with Crippen LogP contribution in [0.15, 0.2) is 0 Å². The number of urea groups is 1. The van der Waals surface area contributed by atoms with Gasteiger partial charge in [0.1, 0.15) is 5.60 Å². The molecule has 17 heavy (non-hydrogen) atoms. The third-order valence-corrected chi connectivity index (χ3v) is 2.17. The van der Waals surface area contributed by atoms with Crippen molar-refractivity contribution in [2.45, 2.75) is 45.6 Å². The van der Waals surface area contributed by atoms with Crippen LogP contribution in [0.3, 0.4) is 0 Å². The lowest BCUT2D eigenvalue weighted by molar-refractivity contribution is -0.138. The number of ether oxygens (including phenoxy) is 1. The molecule has 100 valence electrons. The highest BCUT2D eigenvalue weighted by molar-refractivity contribution is 5.73. The Morgan fingerprint density at radius 1 is 1.29 bits per heavy atom. The van der Waals surface area contributed by atoms with Gasteiger partial charge in [0.2, 0.25) is 0 Å². The fourth-order valence-electron chi connectivity index (χ4n) is 1.33. The fourth-order valence-corrected chi connectivity index (χ4v) is 1.33. The van der Waals surface area contributed by atoms with Gasteiger partial charge in [-0.05, 0) is 40.0 Å². The maximum atomic E-state index is 10.9. The molecule has 0 radical (unpaired) electrons. The number of likely N-dealkylation sites (tertiary alicyclic amines) is 1. The predicted molar refractivity (Wildman–Crippen MR) is 65.0 cm³/mol. The van der Waals surface area contributed by atoms with Crippen molar-refractivity contribution in [2.24, 2.45) is 5.84 Å². The average Bonchev–Trinajstić information content (AvgIpc) is 2.28. The standard InChI is InChI=1S/C6H13N3O.C5H10O2/c7-8-6(10)9-4-2-1-3-5-9;1-5(2,3)7-4-6/h1-5,7H2,(H,8,10);4H,1-3H3. The lowest BCUT2D eigenvalue weighted by Crippen LogP contribution is -2.45. The molecule has 1 fully saturated rings. The summed E-state index contributed by atoms with van der Waals surface area (Å²) in [5, 5.41) is 0. The van der Waals surface area contributed by atoms with Crippen LogP contribution in [0, 0.1) is 0 Å². The number of nitrogens with two attached hydrogens (primary N) is 1. The lowest BCUT2D eigenvalue weighted by Gasteiger charge is -2.25. The molecule has 1 aliphatic heterocycles. The Morgan fingerprint density at radius 3 is 2.12 bits per heavy atom. The van der Waals surface area contributed by atoms with E-state index < -0.39 is 0 Å². The third kappa shape index (κ3) is 8.50. The Kier molecular flexibility index (Phi) is 7.29. The van der Waals surface area contributed by atoms with Crippen LogP contribution < -0.4 is 11.3 Å². The Balaban J connectivity index is 0.000000325. The topological polar surface area (TPSA) is 84.7 Å². The van der Waals surface area contributed by atoms with Crippen LogP contribution >= 0.6 is 0 Å². The van der Waals surface area contributed by atoms with Crippen molar-refractivity contribution in [1.29, 1.82) is 0 Å². The van der Waals surface area contributed by atoms with Crippen LogP contribution in [0.2, 0.25) is 0 Å². The van der Waals surface area contributed by atoms with Crippen molar-refractivity contribution < 1.29 is 14.3 Å². The molecule has 0 unspecified atom stereocenters. The molecule has 3 N–H and O–H groups in total. The van der Waals surface area contributed by atoms with Crippen molar-refractivity contribution in [1.82, 2.24) is 10.3 Å². The molecule has 1 rings (SSSR count). The van der Waals surface area contributed by atoms with E-state index in [0.717, 1.165) is 25.9 Å². The first-order valence-corrected chi connectivity index (χ1v) is 5.77. The minimum absolute atomic E-state index is 0.153. The van der Waals surface area contributed by atoms with E-state index in [1.165, 1.54) is 6.42 Å². The van der Waals surface area contributed by atoms with Gasteiger partial charge >= 0.3 is 6.03 Å². The molecule has 0 spiro atoms. The maximum Gasteiger partial charge on any atom is 0.331 e. The zero-order valence-corrected chi connectivity index (χ0v) is 10.9. The molecule has 0 aromatic heterocycles. The Hall–Kier alpha value is -1.30. The number of nitrogens with zero attached hydrogens (tertiary/aromatic N) is 1. The molecule has 2 amide bonds. The van der Waals surface area contributed by atoms with Crippen molar-refractivity contribution in [2.75, 3.05) is 13.1 Å². The number of nitrogens with one attached hydrogen (secondary N) is 1. The number of amides is 2. The van der Waals surface area contributed by atoms with Gasteiger partial charge in [0.15, 0.2) is 0 Å². The number of carbonyl (C=O) groups is 2. The van der Waals surface area contributed by atoms with Gasteiger partial charge < -0.3 is 9.64 Å². The van der Waals surface area contributed by atoms with Gasteiger partial charge in [0, 0.05) is 13.1 Å². The highest BCUT2D eigenvalue weighted by Gasteiger charge is 2.14. The van der Waals surface area contributed by atoms with Gasteiger partial charge in [-0.15, -0.1) is 0 Å². The molecule has 1 heterocycles. The van der Waals surface area contributed by atoms with Crippen LogP contribution in [-0.2, 0) is 9.53 Å². The number of hydrogen-bond donors (Lipinski definition) is 2. The monoisotopic (exact) mass is 245 g/mol. The summed E-state index contributed by atoms with van der Waals surface area (Å²) in [6.45, 7) is 7.62. The van der Waals surface area contributed by atoms with E-state index >= 15 is 0 Å². The number of hydrogen-bond acceptors (Lipinski definition) is 4. The zero-order chi connectivity index (χ0) is 13.3. The van der Waals surface area contributed by atoms with E-state index in [9.17, 15) is 9.59 Å². The van der Waals surface area contributed by atoms with E-state index in [-0.39, 0.29) is 11.6 Å². The van der Waals surface area contributed by atoms with Gasteiger partial charge in [-0.25, -0.2) is 10.6 Å². The minimum Gasteiger partial charge on any atom is -0.462 e. The molecule has 6 heteroatoms. The molecular weight excluding hydrogens is 222 g/mol. The molecule has 0 saturated carbocycles. The van der Waals surface area contributed by atoms with Crippen LogP contribution in [0.4, 0.5) is 4.79 Å². The molecule has 0 aliphatic carbocycles. The Morgan fingerprint density at radius 2 is 1.82 bits per heavy atom. The molecular formula is C11H23N3O3. The van der Waals surface area contributed by atoms with Crippen molar-refractivity contribution in [3.8, 4) is 0 Å². The summed E-state index contributed by atoms with van der Waals surface area (Å²) in [5.41, 5.74) is 1.80. The summed E-state index contributed by atoms with van der Waals surface area (Å²) in [4.78, 5) is 22.2. The van der Waals surface area contributed by atoms with Crippen molar-refractivity contribution in [3.63, 3.8) is 0 Å². The molecule has 6 nitrogen and oxygen atoms in total. The first kappa shape index (κ1) is 15.7. The normalized spacial score (nSPS) is 15.4. The van der Waals surface area contributed by atoms with E-state index in [1.807, 2.05) is 20.8 Å². The van der Waals surface area contributed by atoms with Crippen LogP contribution in [0.5, 0.6) is 0 Å². The predicted octanol–water partition coefficient (Wildman–Crippen LogP) is 1.01. The second-order valence-corrected chi connectivity index (χ2v) is 4.82. The first-order valence-electron chi connectivity index (χ1n) is 5.77. The van der Waals surface area contributed by atoms with Gasteiger partial charge in [0.25, 0.3) is 6.47 Å². The maximum absolute atomic E-state index is 10.9. The second kappa shape index (κ2) is 7.89.